The van der Waals surface area contributed by atoms with Gasteiger partial charge in [-0.2, -0.15) is 5.10 Å². The zero-order valence-corrected chi connectivity index (χ0v) is 16.2. The van der Waals surface area contributed by atoms with E-state index in [1.807, 2.05) is 12.1 Å². The van der Waals surface area contributed by atoms with Gasteiger partial charge in [0.1, 0.15) is 11.4 Å². The molecule has 0 aliphatic carbocycles. The van der Waals surface area contributed by atoms with Gasteiger partial charge in [-0.3, -0.25) is 9.59 Å². The summed E-state index contributed by atoms with van der Waals surface area (Å²) in [5.74, 6) is -0.715. The Morgan fingerprint density at radius 2 is 1.71 bits per heavy atom. The van der Waals surface area contributed by atoms with Crippen LogP contribution in [0.15, 0.2) is 65.5 Å². The highest BCUT2D eigenvalue weighted by Crippen LogP contribution is 2.19. The molecule has 0 atom stereocenters. The summed E-state index contributed by atoms with van der Waals surface area (Å²) in [6.07, 6.45) is 0. The second-order valence-corrected chi connectivity index (χ2v) is 7.28. The molecule has 0 unspecified atom stereocenters. The van der Waals surface area contributed by atoms with Crippen LogP contribution >= 0.6 is 11.6 Å². The minimum absolute atomic E-state index is 0.297. The van der Waals surface area contributed by atoms with Crippen molar-refractivity contribution < 1.29 is 9.18 Å². The summed E-state index contributed by atoms with van der Waals surface area (Å²) in [7, 11) is 0. The molecule has 28 heavy (non-hydrogen) atoms. The molecule has 0 spiro atoms. The van der Waals surface area contributed by atoms with E-state index in [1.54, 1.807) is 44.2 Å². The van der Waals surface area contributed by atoms with Crippen molar-refractivity contribution in [3.8, 4) is 11.3 Å². The van der Waals surface area contributed by atoms with Gasteiger partial charge in [0.25, 0.3) is 5.56 Å². The minimum atomic E-state index is -1.22. The Morgan fingerprint density at radius 3 is 2.36 bits per heavy atom. The molecule has 1 aromatic heterocycles. The molecule has 0 radical (unpaired) electrons. The molecule has 7 heteroatoms. The van der Waals surface area contributed by atoms with E-state index in [0.717, 1.165) is 10.2 Å². The van der Waals surface area contributed by atoms with E-state index in [-0.39, 0.29) is 11.7 Å². The zero-order chi connectivity index (χ0) is 20.3. The largest absolute Gasteiger partial charge is 0.350 e. The lowest BCUT2D eigenvalue weighted by molar-refractivity contribution is -0.129. The third-order valence-corrected chi connectivity index (χ3v) is 4.64. The highest BCUT2D eigenvalue weighted by Gasteiger charge is 2.32. The number of amides is 1. The number of nitrogens with one attached hydrogen (secondary N) is 1. The van der Waals surface area contributed by atoms with Crippen LogP contribution in [0.3, 0.4) is 0 Å². The van der Waals surface area contributed by atoms with Gasteiger partial charge in [0, 0.05) is 23.2 Å². The van der Waals surface area contributed by atoms with Crippen LogP contribution in [-0.2, 0) is 16.9 Å². The topological polar surface area (TPSA) is 64.0 Å². The SMILES string of the molecule is CC(C)(C(=O)NCc1ccc(Cl)cc1)n1nc(-c2ccc(F)cc2)ccc1=O. The number of nitrogens with zero attached hydrogens (tertiary/aromatic N) is 2. The van der Waals surface area contributed by atoms with Crippen LogP contribution in [-0.4, -0.2) is 15.7 Å². The Labute approximate surface area is 166 Å². The first-order valence-corrected chi connectivity index (χ1v) is 9.05. The van der Waals surface area contributed by atoms with Gasteiger partial charge in [0.05, 0.1) is 5.69 Å². The van der Waals surface area contributed by atoms with Crippen LogP contribution in [0, 0.1) is 5.82 Å². The highest BCUT2D eigenvalue weighted by atomic mass is 35.5. The van der Waals surface area contributed by atoms with E-state index < -0.39 is 11.1 Å². The fraction of sp³-hybridized carbons (Fsp3) is 0.190. The lowest BCUT2D eigenvalue weighted by Gasteiger charge is -2.25. The van der Waals surface area contributed by atoms with Gasteiger partial charge < -0.3 is 5.32 Å². The van der Waals surface area contributed by atoms with Crippen LogP contribution in [0.5, 0.6) is 0 Å². The first kappa shape index (κ1) is 19.8. The quantitative estimate of drug-likeness (QED) is 0.710. The van der Waals surface area contributed by atoms with Gasteiger partial charge in [-0.25, -0.2) is 9.07 Å². The molecule has 0 aliphatic heterocycles. The molecule has 144 valence electrons. The molecule has 3 rings (SSSR count). The smallest absolute Gasteiger partial charge is 0.267 e. The maximum absolute atomic E-state index is 13.2. The number of hydrogen-bond acceptors (Lipinski definition) is 3. The average Bonchev–Trinajstić information content (AvgIpc) is 2.68. The molecular formula is C21H19ClFN3O2. The fourth-order valence-electron chi connectivity index (χ4n) is 2.68. The number of hydrogen-bond donors (Lipinski definition) is 1. The Hall–Kier alpha value is -2.99. The molecular weight excluding hydrogens is 381 g/mol. The second kappa shape index (κ2) is 7.94. The van der Waals surface area contributed by atoms with Crippen LogP contribution in [0.2, 0.25) is 5.02 Å². The number of benzene rings is 2. The number of rotatable bonds is 5. The van der Waals surface area contributed by atoms with Gasteiger partial charge in [0.2, 0.25) is 5.91 Å². The van der Waals surface area contributed by atoms with E-state index in [9.17, 15) is 14.0 Å². The van der Waals surface area contributed by atoms with Crippen molar-refractivity contribution in [1.29, 1.82) is 0 Å². The maximum Gasteiger partial charge on any atom is 0.267 e. The third kappa shape index (κ3) is 4.28. The predicted molar refractivity (Wildman–Crippen MR) is 107 cm³/mol. The van der Waals surface area contributed by atoms with Crippen molar-refractivity contribution in [3.63, 3.8) is 0 Å². The molecule has 0 fully saturated rings. The Kier molecular flexibility index (Phi) is 5.61. The van der Waals surface area contributed by atoms with E-state index in [1.165, 1.54) is 18.2 Å². The van der Waals surface area contributed by atoms with Gasteiger partial charge >= 0.3 is 0 Å². The molecule has 0 saturated heterocycles. The average molecular weight is 400 g/mol. The molecule has 1 heterocycles. The number of carbonyl (C=O) groups is 1. The van der Waals surface area contributed by atoms with Crippen molar-refractivity contribution in [1.82, 2.24) is 15.1 Å². The van der Waals surface area contributed by atoms with E-state index >= 15 is 0 Å². The summed E-state index contributed by atoms with van der Waals surface area (Å²) < 4.78 is 14.3. The summed E-state index contributed by atoms with van der Waals surface area (Å²) in [6.45, 7) is 3.53. The molecule has 0 aliphatic rings. The highest BCUT2D eigenvalue weighted by molar-refractivity contribution is 6.30. The van der Waals surface area contributed by atoms with Crippen molar-refractivity contribution in [2.45, 2.75) is 25.9 Å². The summed E-state index contributed by atoms with van der Waals surface area (Å²) in [5.41, 5.74) is 0.372. The van der Waals surface area contributed by atoms with Crippen molar-refractivity contribution in [2.75, 3.05) is 0 Å². The number of halogens is 2. The van der Waals surface area contributed by atoms with Crippen molar-refractivity contribution in [2.24, 2.45) is 0 Å². The zero-order valence-electron chi connectivity index (χ0n) is 15.4. The van der Waals surface area contributed by atoms with E-state index in [4.69, 9.17) is 11.6 Å². The Bertz CT molecular complexity index is 1040. The lowest BCUT2D eigenvalue weighted by Crippen LogP contribution is -2.49. The third-order valence-electron chi connectivity index (χ3n) is 4.39. The van der Waals surface area contributed by atoms with Crippen LogP contribution in [0.4, 0.5) is 4.39 Å². The van der Waals surface area contributed by atoms with E-state index in [0.29, 0.717) is 22.8 Å². The van der Waals surface area contributed by atoms with Gasteiger partial charge in [-0.05, 0) is 61.9 Å². The summed E-state index contributed by atoms with van der Waals surface area (Å²) in [6, 6.07) is 15.8. The monoisotopic (exact) mass is 399 g/mol. The summed E-state index contributed by atoms with van der Waals surface area (Å²) >= 11 is 5.86. The van der Waals surface area contributed by atoms with Gasteiger partial charge in [-0.1, -0.05) is 23.7 Å². The normalized spacial score (nSPS) is 11.3. The molecule has 5 nitrogen and oxygen atoms in total. The van der Waals surface area contributed by atoms with Gasteiger partial charge in [-0.15, -0.1) is 0 Å². The maximum atomic E-state index is 13.2. The Balaban J connectivity index is 1.84. The molecule has 0 bridgehead atoms. The molecule has 1 amide bonds. The summed E-state index contributed by atoms with van der Waals surface area (Å²) in [5, 5.41) is 7.77. The first-order valence-electron chi connectivity index (χ1n) is 8.67. The van der Waals surface area contributed by atoms with E-state index in [2.05, 4.69) is 10.4 Å². The number of carbonyl (C=O) groups excluding carboxylic acids is 1. The number of aromatic nitrogens is 2. The Morgan fingerprint density at radius 1 is 1.07 bits per heavy atom. The summed E-state index contributed by atoms with van der Waals surface area (Å²) in [4.78, 5) is 25.1. The predicted octanol–water partition coefficient (Wildman–Crippen LogP) is 3.75. The molecule has 0 saturated carbocycles. The van der Waals surface area contributed by atoms with Crippen LogP contribution < -0.4 is 10.9 Å². The fourth-order valence-corrected chi connectivity index (χ4v) is 2.81. The standard InChI is InChI=1S/C21H19ClFN3O2/c1-21(2,20(28)24-13-14-3-7-16(22)8-4-14)26-19(27)12-11-18(25-26)15-5-9-17(23)10-6-15/h3-12H,13H2,1-2H3,(H,24,28). The molecule has 1 N–H and O–H groups in total. The van der Waals surface area contributed by atoms with Gasteiger partial charge in [0.15, 0.2) is 0 Å². The van der Waals surface area contributed by atoms with Crippen molar-refractivity contribution in [3.05, 3.63) is 87.4 Å². The second-order valence-electron chi connectivity index (χ2n) is 6.84. The van der Waals surface area contributed by atoms with Crippen molar-refractivity contribution >= 4 is 17.5 Å². The van der Waals surface area contributed by atoms with Crippen LogP contribution in [0.25, 0.3) is 11.3 Å². The molecule has 3 aromatic rings. The van der Waals surface area contributed by atoms with Crippen LogP contribution in [0.1, 0.15) is 19.4 Å². The molecule has 2 aromatic carbocycles. The lowest BCUT2D eigenvalue weighted by atomic mass is 10.0. The minimum Gasteiger partial charge on any atom is -0.350 e. The first-order chi connectivity index (χ1) is 13.3.